The Kier molecular flexibility index (Phi) is 3.82. The number of rotatable bonds is 5. The molecule has 4 N–H and O–H groups in total. The van der Waals surface area contributed by atoms with E-state index in [0.717, 1.165) is 22.0 Å². The molecule has 0 saturated heterocycles. The topological polar surface area (TPSA) is 92.5 Å². The van der Waals surface area contributed by atoms with E-state index in [4.69, 9.17) is 5.84 Å². The van der Waals surface area contributed by atoms with Crippen LogP contribution in [0.1, 0.15) is 16.7 Å². The fraction of sp³-hybridized carbons (Fsp3) is 0.154. The van der Waals surface area contributed by atoms with Crippen LogP contribution in [0.5, 0.6) is 0 Å². The van der Waals surface area contributed by atoms with Crippen LogP contribution in [0.2, 0.25) is 0 Å². The van der Waals surface area contributed by atoms with E-state index < -0.39 is 0 Å². The zero-order chi connectivity index (χ0) is 13.8. The average molecular weight is 286 g/mol. The Morgan fingerprint density at radius 2 is 2.15 bits per heavy atom. The summed E-state index contributed by atoms with van der Waals surface area (Å²) in [6.07, 6.45) is 2.34. The molecule has 3 aromatic rings. The number of nitrogens with one attached hydrogen (secondary N) is 2. The minimum absolute atomic E-state index is 0.0940. The summed E-state index contributed by atoms with van der Waals surface area (Å²) in [4.78, 5) is 4.64. The SMILES string of the molecule is NNC(Cc1nc(-c2ccccc2)cs1)c1cn[nH]n1. The first-order valence-corrected chi connectivity index (χ1v) is 7.06. The standard InChI is InChI=1S/C13H14N6S/c14-17-10(11-7-15-19-18-11)6-13-16-12(8-20-13)9-4-2-1-3-5-9/h1-5,7-8,10,17H,6,14H2,(H,15,18,19). The smallest absolute Gasteiger partial charge is 0.101 e. The van der Waals surface area contributed by atoms with Crippen molar-refractivity contribution < 1.29 is 0 Å². The molecular weight excluding hydrogens is 272 g/mol. The molecule has 1 aromatic carbocycles. The van der Waals surface area contributed by atoms with Crippen LogP contribution in [0.25, 0.3) is 11.3 Å². The van der Waals surface area contributed by atoms with E-state index in [2.05, 4.69) is 43.3 Å². The van der Waals surface area contributed by atoms with Gasteiger partial charge in [-0.3, -0.25) is 11.3 Å². The number of H-pyrrole nitrogens is 1. The molecule has 0 saturated carbocycles. The molecule has 7 heteroatoms. The van der Waals surface area contributed by atoms with Crippen LogP contribution in [0.3, 0.4) is 0 Å². The van der Waals surface area contributed by atoms with Crippen LogP contribution in [0, 0.1) is 0 Å². The van der Waals surface area contributed by atoms with Crippen LogP contribution < -0.4 is 11.3 Å². The van der Waals surface area contributed by atoms with E-state index in [0.29, 0.717) is 6.42 Å². The van der Waals surface area contributed by atoms with Gasteiger partial charge in [0.15, 0.2) is 0 Å². The number of nitrogens with zero attached hydrogens (tertiary/aromatic N) is 3. The normalized spacial score (nSPS) is 12.4. The maximum Gasteiger partial charge on any atom is 0.101 e. The van der Waals surface area contributed by atoms with Gasteiger partial charge >= 0.3 is 0 Å². The zero-order valence-electron chi connectivity index (χ0n) is 10.7. The van der Waals surface area contributed by atoms with Gasteiger partial charge in [-0.15, -0.1) is 11.3 Å². The van der Waals surface area contributed by atoms with Crippen molar-refractivity contribution in [2.45, 2.75) is 12.5 Å². The first kappa shape index (κ1) is 12.9. The largest absolute Gasteiger partial charge is 0.271 e. The molecule has 102 valence electrons. The highest BCUT2D eigenvalue weighted by atomic mass is 32.1. The number of benzene rings is 1. The summed E-state index contributed by atoms with van der Waals surface area (Å²) >= 11 is 1.62. The summed E-state index contributed by atoms with van der Waals surface area (Å²) in [6.45, 7) is 0. The summed E-state index contributed by atoms with van der Waals surface area (Å²) in [5, 5.41) is 13.5. The van der Waals surface area contributed by atoms with Gasteiger partial charge in [0.25, 0.3) is 0 Å². The summed E-state index contributed by atoms with van der Waals surface area (Å²) < 4.78 is 0. The van der Waals surface area contributed by atoms with Crippen molar-refractivity contribution in [1.29, 1.82) is 0 Å². The van der Waals surface area contributed by atoms with E-state index in [1.54, 1.807) is 17.5 Å². The lowest BCUT2D eigenvalue weighted by Gasteiger charge is -2.10. The van der Waals surface area contributed by atoms with Gasteiger partial charge in [0.2, 0.25) is 0 Å². The summed E-state index contributed by atoms with van der Waals surface area (Å²) in [7, 11) is 0. The fourth-order valence-corrected chi connectivity index (χ4v) is 2.80. The van der Waals surface area contributed by atoms with Crippen molar-refractivity contribution in [3.63, 3.8) is 0 Å². The number of hydrogen-bond donors (Lipinski definition) is 3. The van der Waals surface area contributed by atoms with Crippen LogP contribution in [0.15, 0.2) is 41.9 Å². The van der Waals surface area contributed by atoms with E-state index in [-0.39, 0.29) is 6.04 Å². The highest BCUT2D eigenvalue weighted by molar-refractivity contribution is 7.09. The molecule has 3 rings (SSSR count). The van der Waals surface area contributed by atoms with Gasteiger partial charge in [-0.05, 0) is 0 Å². The Morgan fingerprint density at radius 3 is 2.85 bits per heavy atom. The Bertz CT molecular complexity index is 649. The van der Waals surface area contributed by atoms with Crippen molar-refractivity contribution in [2.75, 3.05) is 0 Å². The van der Waals surface area contributed by atoms with Gasteiger partial charge in [-0.25, -0.2) is 4.98 Å². The molecule has 0 radical (unpaired) electrons. The third kappa shape index (κ3) is 2.74. The van der Waals surface area contributed by atoms with Gasteiger partial charge in [-0.1, -0.05) is 30.3 Å². The molecular formula is C13H14N6S. The summed E-state index contributed by atoms with van der Waals surface area (Å²) in [5.74, 6) is 5.57. The van der Waals surface area contributed by atoms with Crippen LogP contribution in [-0.2, 0) is 6.42 Å². The third-order valence-corrected chi connectivity index (χ3v) is 3.86. The average Bonchev–Trinajstić information content (AvgIpc) is 3.17. The fourth-order valence-electron chi connectivity index (χ4n) is 1.95. The van der Waals surface area contributed by atoms with Gasteiger partial charge in [0.1, 0.15) is 5.69 Å². The minimum Gasteiger partial charge on any atom is -0.271 e. The zero-order valence-corrected chi connectivity index (χ0v) is 11.5. The second-order valence-corrected chi connectivity index (χ2v) is 5.25. The van der Waals surface area contributed by atoms with Crippen molar-refractivity contribution >= 4 is 11.3 Å². The van der Waals surface area contributed by atoms with Gasteiger partial charge in [0.05, 0.1) is 22.9 Å². The monoisotopic (exact) mass is 286 g/mol. The molecule has 0 aliphatic rings. The molecule has 0 aliphatic heterocycles. The molecule has 0 fully saturated rings. The maximum absolute atomic E-state index is 5.57. The number of hydrazine groups is 1. The van der Waals surface area contributed by atoms with Crippen molar-refractivity contribution in [3.8, 4) is 11.3 Å². The molecule has 0 bridgehead atoms. The van der Waals surface area contributed by atoms with Crippen LogP contribution in [-0.4, -0.2) is 20.4 Å². The van der Waals surface area contributed by atoms with Gasteiger partial charge < -0.3 is 0 Å². The van der Waals surface area contributed by atoms with E-state index >= 15 is 0 Å². The molecule has 0 spiro atoms. The molecule has 2 aromatic heterocycles. The predicted octanol–water partition coefficient (Wildman–Crippen LogP) is 1.68. The summed E-state index contributed by atoms with van der Waals surface area (Å²) in [5.41, 5.74) is 5.63. The Labute approximate surface area is 120 Å². The molecule has 1 atom stereocenters. The lowest BCUT2D eigenvalue weighted by Crippen LogP contribution is -2.29. The second-order valence-electron chi connectivity index (χ2n) is 4.31. The molecule has 2 heterocycles. The lowest BCUT2D eigenvalue weighted by molar-refractivity contribution is 0.536. The predicted molar refractivity (Wildman–Crippen MR) is 77.7 cm³/mol. The number of aromatic nitrogens is 4. The molecule has 0 aliphatic carbocycles. The van der Waals surface area contributed by atoms with Crippen molar-refractivity contribution in [3.05, 3.63) is 52.6 Å². The number of aromatic amines is 1. The second kappa shape index (κ2) is 5.91. The first-order chi connectivity index (χ1) is 9.86. The quantitative estimate of drug-likeness (QED) is 0.490. The highest BCUT2D eigenvalue weighted by Crippen LogP contribution is 2.24. The Hall–Kier alpha value is -2.09. The first-order valence-electron chi connectivity index (χ1n) is 6.18. The van der Waals surface area contributed by atoms with E-state index in [9.17, 15) is 0 Å². The minimum atomic E-state index is -0.0940. The lowest BCUT2D eigenvalue weighted by atomic mass is 10.1. The van der Waals surface area contributed by atoms with E-state index in [1.165, 1.54) is 0 Å². The number of thiazole rings is 1. The van der Waals surface area contributed by atoms with Gasteiger partial charge in [0, 0.05) is 17.4 Å². The molecule has 0 amide bonds. The number of hydrogen-bond acceptors (Lipinski definition) is 6. The Balaban J connectivity index is 1.77. The van der Waals surface area contributed by atoms with Crippen molar-refractivity contribution in [1.82, 2.24) is 25.8 Å². The van der Waals surface area contributed by atoms with E-state index in [1.807, 2.05) is 18.2 Å². The van der Waals surface area contributed by atoms with Crippen LogP contribution in [0.4, 0.5) is 0 Å². The number of nitrogens with two attached hydrogens (primary N) is 1. The summed E-state index contributed by atoms with van der Waals surface area (Å²) in [6, 6.07) is 10.0. The maximum atomic E-state index is 5.57. The molecule has 20 heavy (non-hydrogen) atoms. The van der Waals surface area contributed by atoms with Crippen molar-refractivity contribution in [2.24, 2.45) is 5.84 Å². The molecule has 6 nitrogen and oxygen atoms in total. The van der Waals surface area contributed by atoms with Crippen LogP contribution >= 0.6 is 11.3 Å². The third-order valence-electron chi connectivity index (χ3n) is 2.99. The highest BCUT2D eigenvalue weighted by Gasteiger charge is 2.15. The molecule has 1 unspecified atom stereocenters. The Morgan fingerprint density at radius 1 is 1.30 bits per heavy atom. The van der Waals surface area contributed by atoms with Gasteiger partial charge in [-0.2, -0.15) is 15.4 Å².